The number of anilines is 2. The molecule has 0 aliphatic rings. The molecule has 83 valence electrons. The molecule has 0 bridgehead atoms. The lowest BCUT2D eigenvalue weighted by atomic mass is 10.1. The van der Waals surface area contributed by atoms with Gasteiger partial charge in [-0.3, -0.25) is 4.79 Å². The maximum Gasteiger partial charge on any atom is 0.235 e. The van der Waals surface area contributed by atoms with Gasteiger partial charge in [0.05, 0.1) is 16.9 Å². The number of para-hydroxylation sites is 1. The zero-order valence-corrected chi connectivity index (χ0v) is 9.12. The molecule has 3 nitrogen and oxygen atoms in total. The number of benzene rings is 1. The molecule has 0 fully saturated rings. The van der Waals surface area contributed by atoms with Gasteiger partial charge in [-0.1, -0.05) is 18.2 Å². The maximum absolute atomic E-state index is 10.8. The van der Waals surface area contributed by atoms with Crippen LogP contribution in [0.25, 0.3) is 0 Å². The quantitative estimate of drug-likeness (QED) is 0.686. The molecule has 1 radical (unpaired) electrons. The molecular formula is C13H15N2O. The van der Waals surface area contributed by atoms with Crippen molar-refractivity contribution in [3.8, 4) is 0 Å². The van der Waals surface area contributed by atoms with Crippen molar-refractivity contribution < 1.29 is 4.79 Å². The highest BCUT2D eigenvalue weighted by Gasteiger charge is 2.06. The normalized spacial score (nSPS) is 9.25. The molecule has 0 aromatic heterocycles. The Hall–Kier alpha value is -2.03. The maximum atomic E-state index is 10.8. The Labute approximate surface area is 95.9 Å². The van der Waals surface area contributed by atoms with Crippen molar-refractivity contribution >= 4 is 17.7 Å². The van der Waals surface area contributed by atoms with E-state index in [0.717, 1.165) is 11.4 Å². The summed E-state index contributed by atoms with van der Waals surface area (Å²) in [5.74, 6) is 0. The van der Waals surface area contributed by atoms with E-state index in [1.165, 1.54) is 0 Å². The van der Waals surface area contributed by atoms with E-state index in [9.17, 15) is 4.79 Å². The molecule has 3 heteroatoms. The smallest absolute Gasteiger partial charge is 0.235 e. The molecule has 1 aromatic carbocycles. The Kier molecular flexibility index (Phi) is 4.86. The molecule has 0 aliphatic carbocycles. The highest BCUT2D eigenvalue weighted by molar-refractivity contribution is 5.90. The van der Waals surface area contributed by atoms with Gasteiger partial charge in [0.1, 0.15) is 0 Å². The molecule has 0 saturated heterocycles. The van der Waals surface area contributed by atoms with Gasteiger partial charge in [0.15, 0.2) is 0 Å². The van der Waals surface area contributed by atoms with Gasteiger partial charge in [-0.15, -0.1) is 13.2 Å². The third kappa shape index (κ3) is 2.98. The van der Waals surface area contributed by atoms with Gasteiger partial charge in [0.25, 0.3) is 0 Å². The monoisotopic (exact) mass is 215 g/mol. The van der Waals surface area contributed by atoms with Crippen LogP contribution in [0.15, 0.2) is 43.5 Å². The molecule has 16 heavy (non-hydrogen) atoms. The van der Waals surface area contributed by atoms with Crippen molar-refractivity contribution in [3.05, 3.63) is 49.1 Å². The van der Waals surface area contributed by atoms with Gasteiger partial charge in [0, 0.05) is 13.1 Å². The number of carbonyl (C=O) groups excluding carboxylic acids is 1. The molecule has 0 spiro atoms. The van der Waals surface area contributed by atoms with E-state index in [4.69, 9.17) is 0 Å². The summed E-state index contributed by atoms with van der Waals surface area (Å²) < 4.78 is 0. The Morgan fingerprint density at radius 1 is 1.19 bits per heavy atom. The largest absolute Gasteiger partial charge is 0.380 e. The summed E-state index contributed by atoms with van der Waals surface area (Å²) in [5, 5.41) is 6.27. The van der Waals surface area contributed by atoms with Crippen molar-refractivity contribution in [2.24, 2.45) is 0 Å². The molecule has 0 heterocycles. The minimum atomic E-state index is 0.510. The van der Waals surface area contributed by atoms with Crippen molar-refractivity contribution in [2.45, 2.75) is 0 Å². The molecule has 1 rings (SSSR count). The first kappa shape index (κ1) is 12.0. The van der Waals surface area contributed by atoms with Crippen LogP contribution in [0.4, 0.5) is 11.4 Å². The molecule has 0 amide bonds. The summed E-state index contributed by atoms with van der Waals surface area (Å²) in [6, 6.07) is 5.43. The van der Waals surface area contributed by atoms with Gasteiger partial charge in [-0.05, 0) is 12.1 Å². The summed E-state index contributed by atoms with van der Waals surface area (Å²) in [6.07, 6.45) is 5.40. The predicted molar refractivity (Wildman–Crippen MR) is 68.6 cm³/mol. The van der Waals surface area contributed by atoms with Crippen LogP contribution in [0.3, 0.4) is 0 Å². The van der Waals surface area contributed by atoms with Crippen LogP contribution in [-0.2, 0) is 4.79 Å². The average molecular weight is 215 g/mol. The van der Waals surface area contributed by atoms with E-state index in [2.05, 4.69) is 23.8 Å². The van der Waals surface area contributed by atoms with E-state index in [-0.39, 0.29) is 0 Å². The van der Waals surface area contributed by atoms with Crippen LogP contribution >= 0.6 is 0 Å². The Morgan fingerprint density at radius 2 is 1.88 bits per heavy atom. The molecule has 0 unspecified atom stereocenters. The summed E-state index contributed by atoms with van der Waals surface area (Å²) in [5.41, 5.74) is 2.12. The number of rotatable bonds is 7. The molecular weight excluding hydrogens is 200 g/mol. The molecule has 2 N–H and O–H groups in total. The molecule has 0 atom stereocenters. The lowest BCUT2D eigenvalue weighted by Gasteiger charge is -2.13. The van der Waals surface area contributed by atoms with Crippen LogP contribution in [0, 0.1) is 0 Å². The molecule has 0 aliphatic heterocycles. The van der Waals surface area contributed by atoms with Gasteiger partial charge in [-0.2, -0.15) is 0 Å². The van der Waals surface area contributed by atoms with E-state index < -0.39 is 0 Å². The lowest BCUT2D eigenvalue weighted by Crippen LogP contribution is -2.07. The summed E-state index contributed by atoms with van der Waals surface area (Å²) in [6.45, 7) is 8.50. The first-order valence-corrected chi connectivity index (χ1v) is 5.04. The standard InChI is InChI=1S/C13H15N2O/c1-3-8-14-12-7-5-6-11(10-16)13(12)15-9-4-2/h3-7,14-15H,1-2,8-9H2. The van der Waals surface area contributed by atoms with E-state index in [1.807, 2.05) is 18.4 Å². The zero-order valence-electron chi connectivity index (χ0n) is 9.12. The number of hydrogen-bond donors (Lipinski definition) is 2. The highest BCUT2D eigenvalue weighted by atomic mass is 16.1. The van der Waals surface area contributed by atoms with Crippen LogP contribution in [0.2, 0.25) is 0 Å². The summed E-state index contributed by atoms with van der Waals surface area (Å²) >= 11 is 0. The zero-order chi connectivity index (χ0) is 11.8. The van der Waals surface area contributed by atoms with Crippen molar-refractivity contribution in [1.29, 1.82) is 0 Å². The van der Waals surface area contributed by atoms with E-state index in [1.54, 1.807) is 18.2 Å². The van der Waals surface area contributed by atoms with Gasteiger partial charge in [-0.25, -0.2) is 0 Å². The second kappa shape index (κ2) is 6.45. The van der Waals surface area contributed by atoms with Gasteiger partial charge >= 0.3 is 0 Å². The Morgan fingerprint density at radius 3 is 2.50 bits per heavy atom. The number of hydrogen-bond acceptors (Lipinski definition) is 3. The number of nitrogens with one attached hydrogen (secondary N) is 2. The summed E-state index contributed by atoms with van der Waals surface area (Å²) in [7, 11) is 0. The fourth-order valence-electron chi connectivity index (χ4n) is 1.33. The van der Waals surface area contributed by atoms with Crippen LogP contribution in [0.1, 0.15) is 5.56 Å². The van der Waals surface area contributed by atoms with Gasteiger partial charge in [0.2, 0.25) is 6.29 Å². The second-order valence-electron chi connectivity index (χ2n) is 3.17. The van der Waals surface area contributed by atoms with Crippen LogP contribution in [-0.4, -0.2) is 19.4 Å². The first-order valence-electron chi connectivity index (χ1n) is 5.04. The Balaban J connectivity index is 2.98. The van der Waals surface area contributed by atoms with E-state index >= 15 is 0 Å². The fraction of sp³-hybridized carbons (Fsp3) is 0.154. The van der Waals surface area contributed by atoms with Gasteiger partial charge < -0.3 is 10.6 Å². The second-order valence-corrected chi connectivity index (χ2v) is 3.17. The van der Waals surface area contributed by atoms with Crippen LogP contribution in [0.5, 0.6) is 0 Å². The Bertz CT molecular complexity index is 386. The third-order valence-corrected chi connectivity index (χ3v) is 2.03. The topological polar surface area (TPSA) is 41.1 Å². The first-order chi connectivity index (χ1) is 7.83. The fourth-order valence-corrected chi connectivity index (χ4v) is 1.33. The SMILES string of the molecule is C=CCNc1cccc([C]=O)c1NCC=C. The van der Waals surface area contributed by atoms with Crippen molar-refractivity contribution in [3.63, 3.8) is 0 Å². The predicted octanol–water partition coefficient (Wildman–Crippen LogP) is 2.34. The highest BCUT2D eigenvalue weighted by Crippen LogP contribution is 2.24. The van der Waals surface area contributed by atoms with E-state index in [0.29, 0.717) is 18.7 Å². The minimum absolute atomic E-state index is 0.510. The molecule has 1 aromatic rings. The van der Waals surface area contributed by atoms with Crippen molar-refractivity contribution in [1.82, 2.24) is 0 Å². The average Bonchev–Trinajstić information content (AvgIpc) is 2.33. The molecule has 0 saturated carbocycles. The third-order valence-electron chi connectivity index (χ3n) is 2.03. The lowest BCUT2D eigenvalue weighted by molar-refractivity contribution is 0.563. The van der Waals surface area contributed by atoms with Crippen molar-refractivity contribution in [2.75, 3.05) is 23.7 Å². The summed E-state index contributed by atoms with van der Waals surface area (Å²) in [4.78, 5) is 10.8. The van der Waals surface area contributed by atoms with Crippen LogP contribution < -0.4 is 10.6 Å². The minimum Gasteiger partial charge on any atom is -0.380 e.